The van der Waals surface area contributed by atoms with Crippen molar-refractivity contribution in [1.29, 1.82) is 0 Å². The van der Waals surface area contributed by atoms with Crippen molar-refractivity contribution < 1.29 is 4.74 Å². The van der Waals surface area contributed by atoms with Crippen LogP contribution in [0.15, 0.2) is 0 Å². The second kappa shape index (κ2) is 5.59. The van der Waals surface area contributed by atoms with Gasteiger partial charge in [-0.05, 0) is 19.8 Å². The van der Waals surface area contributed by atoms with Gasteiger partial charge in [-0.25, -0.2) is 0 Å². The molecule has 1 aliphatic heterocycles. The first kappa shape index (κ1) is 13.1. The molecule has 0 N–H and O–H groups in total. The van der Waals surface area contributed by atoms with Gasteiger partial charge in [-0.15, -0.1) is 10.2 Å². The first-order chi connectivity index (χ1) is 9.29. The van der Waals surface area contributed by atoms with E-state index in [9.17, 15) is 0 Å². The Morgan fingerprint density at radius 1 is 1.21 bits per heavy atom. The molecule has 0 aromatic carbocycles. The van der Waals surface area contributed by atoms with Crippen molar-refractivity contribution in [3.8, 4) is 0 Å². The summed E-state index contributed by atoms with van der Waals surface area (Å²) >= 11 is 0. The maximum Gasteiger partial charge on any atom is 0.159 e. The number of aromatic nitrogens is 3. The minimum absolute atomic E-state index is 0.560. The lowest BCUT2D eigenvalue weighted by atomic mass is 10.1. The van der Waals surface area contributed by atoms with Crippen molar-refractivity contribution >= 4 is 0 Å². The van der Waals surface area contributed by atoms with E-state index < -0.39 is 0 Å². The molecule has 19 heavy (non-hydrogen) atoms. The van der Waals surface area contributed by atoms with E-state index in [1.54, 1.807) is 7.11 Å². The fourth-order valence-corrected chi connectivity index (χ4v) is 3.61. The van der Waals surface area contributed by atoms with Crippen LogP contribution in [0.4, 0.5) is 0 Å². The summed E-state index contributed by atoms with van der Waals surface area (Å²) < 4.78 is 7.47. The fourth-order valence-electron chi connectivity index (χ4n) is 3.61. The number of hydrogen-bond donors (Lipinski definition) is 0. The predicted octanol–water partition coefficient (Wildman–Crippen LogP) is 1.61. The molecule has 1 saturated carbocycles. The molecule has 0 radical (unpaired) electrons. The van der Waals surface area contributed by atoms with Gasteiger partial charge in [0, 0.05) is 38.7 Å². The maximum absolute atomic E-state index is 5.21. The molecule has 0 amide bonds. The minimum atomic E-state index is 0.560. The summed E-state index contributed by atoms with van der Waals surface area (Å²) in [5.41, 5.74) is 0. The molecular weight excluding hydrogens is 240 g/mol. The molecule has 0 bridgehead atoms. The Kier molecular flexibility index (Phi) is 3.84. The highest BCUT2D eigenvalue weighted by atomic mass is 16.5. The summed E-state index contributed by atoms with van der Waals surface area (Å²) in [5, 5.41) is 8.61. The average Bonchev–Trinajstić information content (AvgIpc) is 3.00. The van der Waals surface area contributed by atoms with Gasteiger partial charge in [-0.3, -0.25) is 4.90 Å². The van der Waals surface area contributed by atoms with Gasteiger partial charge in [0.25, 0.3) is 0 Å². The predicted molar refractivity (Wildman–Crippen MR) is 72.9 cm³/mol. The van der Waals surface area contributed by atoms with Crippen LogP contribution < -0.4 is 0 Å². The highest BCUT2D eigenvalue weighted by Crippen LogP contribution is 2.27. The van der Waals surface area contributed by atoms with Crippen LogP contribution in [0.1, 0.15) is 44.3 Å². The third-order valence-corrected chi connectivity index (χ3v) is 4.60. The third-order valence-electron chi connectivity index (χ3n) is 4.60. The Hall–Kier alpha value is -0.940. The fraction of sp³-hybridized carbons (Fsp3) is 0.857. The second-order valence-corrected chi connectivity index (χ2v) is 5.85. The van der Waals surface area contributed by atoms with Gasteiger partial charge in [-0.2, -0.15) is 0 Å². The van der Waals surface area contributed by atoms with Gasteiger partial charge < -0.3 is 9.30 Å². The van der Waals surface area contributed by atoms with Gasteiger partial charge in [0.05, 0.1) is 0 Å². The summed E-state index contributed by atoms with van der Waals surface area (Å²) in [6.45, 7) is 5.01. The summed E-state index contributed by atoms with van der Waals surface area (Å²) in [7, 11) is 1.71. The number of hydrogen-bond acceptors (Lipinski definition) is 4. The molecule has 5 heteroatoms. The van der Waals surface area contributed by atoms with Crippen molar-refractivity contribution in [3.63, 3.8) is 0 Å². The first-order valence-corrected chi connectivity index (χ1v) is 7.45. The van der Waals surface area contributed by atoms with Gasteiger partial charge in [0.15, 0.2) is 5.82 Å². The smallest absolute Gasteiger partial charge is 0.159 e. The first-order valence-electron chi connectivity index (χ1n) is 7.45. The Balaban J connectivity index is 1.76. The average molecular weight is 264 g/mol. The molecule has 2 heterocycles. The second-order valence-electron chi connectivity index (χ2n) is 5.85. The number of fused-ring (bicyclic) bond motifs is 1. The lowest BCUT2D eigenvalue weighted by Gasteiger charge is -2.32. The summed E-state index contributed by atoms with van der Waals surface area (Å²) in [6.07, 6.45) is 6.54. The Morgan fingerprint density at radius 2 is 2.00 bits per heavy atom. The van der Waals surface area contributed by atoms with Crippen LogP contribution in [-0.4, -0.2) is 45.4 Å². The number of ether oxygens (including phenoxy) is 1. The summed E-state index contributed by atoms with van der Waals surface area (Å²) in [5.74, 6) is 2.10. The zero-order valence-corrected chi connectivity index (χ0v) is 12.0. The molecule has 106 valence electrons. The molecule has 0 saturated heterocycles. The molecule has 0 unspecified atom stereocenters. The van der Waals surface area contributed by atoms with E-state index in [4.69, 9.17) is 4.74 Å². The van der Waals surface area contributed by atoms with Gasteiger partial charge in [0.2, 0.25) is 0 Å². The molecule has 3 rings (SSSR count). The van der Waals surface area contributed by atoms with E-state index in [2.05, 4.69) is 26.6 Å². The summed E-state index contributed by atoms with van der Waals surface area (Å²) in [6, 6.07) is 1.36. The Bertz CT molecular complexity index is 425. The lowest BCUT2D eigenvalue weighted by Crippen LogP contribution is -2.41. The van der Waals surface area contributed by atoms with Gasteiger partial charge in [-0.1, -0.05) is 12.8 Å². The van der Waals surface area contributed by atoms with Crippen LogP contribution in [0, 0.1) is 0 Å². The number of methoxy groups -OCH3 is 1. The van der Waals surface area contributed by atoms with Crippen LogP contribution in [0.3, 0.4) is 0 Å². The van der Waals surface area contributed by atoms with Crippen molar-refractivity contribution in [2.24, 2.45) is 0 Å². The topological polar surface area (TPSA) is 43.2 Å². The van der Waals surface area contributed by atoms with E-state index in [-0.39, 0.29) is 0 Å². The van der Waals surface area contributed by atoms with Crippen LogP contribution in [0.2, 0.25) is 0 Å². The van der Waals surface area contributed by atoms with Crippen molar-refractivity contribution in [2.75, 3.05) is 13.7 Å². The molecule has 2 aliphatic rings. The maximum atomic E-state index is 5.21. The van der Waals surface area contributed by atoms with Gasteiger partial charge in [0.1, 0.15) is 12.4 Å². The summed E-state index contributed by atoms with van der Waals surface area (Å²) in [4.78, 5) is 2.69. The van der Waals surface area contributed by atoms with Crippen LogP contribution >= 0.6 is 0 Å². The van der Waals surface area contributed by atoms with Crippen LogP contribution in [0.5, 0.6) is 0 Å². The van der Waals surface area contributed by atoms with Crippen molar-refractivity contribution in [3.05, 3.63) is 11.6 Å². The largest absolute Gasteiger partial charge is 0.377 e. The van der Waals surface area contributed by atoms with E-state index in [0.717, 1.165) is 37.2 Å². The van der Waals surface area contributed by atoms with E-state index in [1.807, 2.05) is 0 Å². The molecule has 1 aliphatic carbocycles. The quantitative estimate of drug-likeness (QED) is 0.832. The van der Waals surface area contributed by atoms with E-state index >= 15 is 0 Å². The van der Waals surface area contributed by atoms with Crippen LogP contribution in [0.25, 0.3) is 0 Å². The number of nitrogens with zero attached hydrogens (tertiary/aromatic N) is 4. The zero-order chi connectivity index (χ0) is 13.2. The Morgan fingerprint density at radius 3 is 2.74 bits per heavy atom. The SMILES string of the molecule is COCc1nnc2n1CCN(C1CCCC1)[C@H](C)C2. The lowest BCUT2D eigenvalue weighted by molar-refractivity contribution is 0.144. The molecule has 5 nitrogen and oxygen atoms in total. The molecular formula is C14H24N4O. The van der Waals surface area contributed by atoms with Crippen molar-refractivity contribution in [2.45, 2.75) is 64.3 Å². The normalized spacial score (nSPS) is 25.5. The molecule has 1 fully saturated rings. The molecule has 1 atom stereocenters. The highest BCUT2D eigenvalue weighted by Gasteiger charge is 2.30. The van der Waals surface area contributed by atoms with E-state index in [1.165, 1.54) is 25.7 Å². The van der Waals surface area contributed by atoms with E-state index in [0.29, 0.717) is 12.6 Å². The monoisotopic (exact) mass is 264 g/mol. The number of rotatable bonds is 3. The molecule has 0 spiro atoms. The Labute approximate surface area is 114 Å². The van der Waals surface area contributed by atoms with Crippen molar-refractivity contribution in [1.82, 2.24) is 19.7 Å². The van der Waals surface area contributed by atoms with Gasteiger partial charge >= 0.3 is 0 Å². The molecule has 1 aromatic heterocycles. The minimum Gasteiger partial charge on any atom is -0.377 e. The standard InChI is InChI=1S/C14H24N4O/c1-11-9-13-15-16-14(10-19-2)18(13)8-7-17(11)12-5-3-4-6-12/h11-12H,3-10H2,1-2H3/t11-/m1/s1. The molecule has 1 aromatic rings. The third kappa shape index (κ3) is 2.54. The van der Waals surface area contributed by atoms with Crippen LogP contribution in [-0.2, 0) is 24.3 Å². The highest BCUT2D eigenvalue weighted by molar-refractivity contribution is 5.01. The zero-order valence-electron chi connectivity index (χ0n) is 12.0.